The van der Waals surface area contributed by atoms with Crippen LogP contribution in [0.3, 0.4) is 0 Å². The van der Waals surface area contributed by atoms with Gasteiger partial charge in [-0.05, 0) is 50.0 Å². The summed E-state index contributed by atoms with van der Waals surface area (Å²) in [5.74, 6) is 0. The maximum Gasteiger partial charge on any atom is 0.0595 e. The summed E-state index contributed by atoms with van der Waals surface area (Å²) in [7, 11) is 0. The van der Waals surface area contributed by atoms with Crippen LogP contribution in [0.1, 0.15) is 31.7 Å². The minimum atomic E-state index is 0.637. The molecule has 0 bridgehead atoms. The monoisotopic (exact) mass is 259 g/mol. The smallest absolute Gasteiger partial charge is 0.0595 e. The highest BCUT2D eigenvalue weighted by atomic mass is 35.5. The Morgan fingerprint density at radius 3 is 2.56 bits per heavy atom. The molecule has 0 atom stereocenters. The van der Waals surface area contributed by atoms with Crippen LogP contribution in [0.4, 0.5) is 0 Å². The maximum absolute atomic E-state index is 5.95. The molecule has 0 saturated heterocycles. The molecular weight excluding hydrogens is 241 g/mol. The van der Waals surface area contributed by atoms with Crippen LogP contribution in [0.15, 0.2) is 18.2 Å². The molecule has 0 aliphatic heterocycles. The number of hydrogen-bond donors (Lipinski definition) is 1. The van der Waals surface area contributed by atoms with Gasteiger partial charge in [0, 0.05) is 0 Å². The summed E-state index contributed by atoms with van der Waals surface area (Å²) in [4.78, 5) is 0. The highest BCUT2D eigenvalue weighted by Crippen LogP contribution is 2.23. The number of unbranched alkanes of at least 4 members (excludes halogenated alkanes) is 2. The average molecular weight is 260 g/mol. The number of nitrogens with one attached hydrogen (secondary N) is 1. The Labute approximate surface area is 108 Å². The van der Waals surface area contributed by atoms with E-state index < -0.39 is 0 Å². The second-order valence-corrected chi connectivity index (χ2v) is 4.73. The molecule has 1 rings (SSSR count). The van der Waals surface area contributed by atoms with E-state index in [1.807, 2.05) is 12.1 Å². The summed E-state index contributed by atoms with van der Waals surface area (Å²) in [6, 6.07) is 5.89. The van der Waals surface area contributed by atoms with Crippen molar-refractivity contribution in [1.29, 1.82) is 0 Å². The first kappa shape index (κ1) is 13.8. The van der Waals surface area contributed by atoms with Crippen LogP contribution in [0, 0.1) is 0 Å². The van der Waals surface area contributed by atoms with Crippen LogP contribution in [0.5, 0.6) is 0 Å². The Balaban J connectivity index is 2.19. The second kappa shape index (κ2) is 7.94. The Kier molecular flexibility index (Phi) is 6.86. The topological polar surface area (TPSA) is 12.0 Å². The van der Waals surface area contributed by atoms with E-state index in [1.54, 1.807) is 0 Å². The summed E-state index contributed by atoms with van der Waals surface area (Å²) in [6.45, 7) is 4.32. The minimum Gasteiger partial charge on any atom is -0.317 e. The standard InChI is InChI=1S/C13H19Cl2N/c1-2-16-9-5-3-4-6-11-7-8-12(14)13(15)10-11/h7-8,10,16H,2-6,9H2,1H3. The lowest BCUT2D eigenvalue weighted by molar-refractivity contribution is 0.617. The predicted molar refractivity (Wildman–Crippen MR) is 72.6 cm³/mol. The molecular formula is C13H19Cl2N. The first-order valence-corrected chi connectivity index (χ1v) is 6.64. The molecule has 1 aromatic carbocycles. The van der Waals surface area contributed by atoms with E-state index in [2.05, 4.69) is 18.3 Å². The van der Waals surface area contributed by atoms with Crippen LogP contribution in [0.25, 0.3) is 0 Å². The van der Waals surface area contributed by atoms with Gasteiger partial charge in [-0.25, -0.2) is 0 Å². The molecule has 0 radical (unpaired) electrons. The maximum atomic E-state index is 5.95. The second-order valence-electron chi connectivity index (χ2n) is 3.91. The molecule has 0 spiro atoms. The Morgan fingerprint density at radius 1 is 1.06 bits per heavy atom. The zero-order chi connectivity index (χ0) is 11.8. The fourth-order valence-corrected chi connectivity index (χ4v) is 1.95. The van der Waals surface area contributed by atoms with Crippen molar-refractivity contribution in [3.05, 3.63) is 33.8 Å². The van der Waals surface area contributed by atoms with Crippen molar-refractivity contribution in [3.63, 3.8) is 0 Å². The first-order chi connectivity index (χ1) is 7.74. The van der Waals surface area contributed by atoms with Crippen LogP contribution >= 0.6 is 23.2 Å². The van der Waals surface area contributed by atoms with Gasteiger partial charge in [-0.15, -0.1) is 0 Å². The largest absolute Gasteiger partial charge is 0.317 e. The van der Waals surface area contributed by atoms with Crippen molar-refractivity contribution in [3.8, 4) is 0 Å². The average Bonchev–Trinajstić information content (AvgIpc) is 2.28. The number of hydrogen-bond acceptors (Lipinski definition) is 1. The van der Waals surface area contributed by atoms with E-state index in [0.29, 0.717) is 10.0 Å². The van der Waals surface area contributed by atoms with Crippen molar-refractivity contribution in [2.75, 3.05) is 13.1 Å². The van der Waals surface area contributed by atoms with E-state index in [4.69, 9.17) is 23.2 Å². The third kappa shape index (κ3) is 5.20. The number of rotatable bonds is 7. The summed E-state index contributed by atoms with van der Waals surface area (Å²) < 4.78 is 0. The molecule has 16 heavy (non-hydrogen) atoms. The summed E-state index contributed by atoms with van der Waals surface area (Å²) in [5, 5.41) is 4.62. The minimum absolute atomic E-state index is 0.637. The Morgan fingerprint density at radius 2 is 1.88 bits per heavy atom. The molecule has 0 saturated carbocycles. The van der Waals surface area contributed by atoms with Crippen LogP contribution in [-0.4, -0.2) is 13.1 Å². The zero-order valence-electron chi connectivity index (χ0n) is 9.73. The quantitative estimate of drug-likeness (QED) is 0.720. The molecule has 0 unspecified atom stereocenters. The van der Waals surface area contributed by atoms with Gasteiger partial charge >= 0.3 is 0 Å². The Hall–Kier alpha value is -0.240. The summed E-state index contributed by atoms with van der Waals surface area (Å²) in [6.07, 6.45) is 4.80. The molecule has 0 aliphatic carbocycles. The van der Waals surface area contributed by atoms with Gasteiger partial charge in [0.15, 0.2) is 0 Å². The van der Waals surface area contributed by atoms with Crippen LogP contribution < -0.4 is 5.32 Å². The lowest BCUT2D eigenvalue weighted by Crippen LogP contribution is -2.13. The van der Waals surface area contributed by atoms with Gasteiger partial charge in [0.1, 0.15) is 0 Å². The molecule has 1 aromatic rings. The van der Waals surface area contributed by atoms with Crippen molar-refractivity contribution in [2.24, 2.45) is 0 Å². The van der Waals surface area contributed by atoms with Crippen LogP contribution in [0.2, 0.25) is 10.0 Å². The van der Waals surface area contributed by atoms with Crippen molar-refractivity contribution in [1.82, 2.24) is 5.32 Å². The van der Waals surface area contributed by atoms with Gasteiger partial charge in [-0.2, -0.15) is 0 Å². The first-order valence-electron chi connectivity index (χ1n) is 5.88. The fraction of sp³-hybridized carbons (Fsp3) is 0.538. The Bertz CT molecular complexity index is 313. The zero-order valence-corrected chi connectivity index (χ0v) is 11.2. The van der Waals surface area contributed by atoms with E-state index in [9.17, 15) is 0 Å². The van der Waals surface area contributed by atoms with Crippen molar-refractivity contribution in [2.45, 2.75) is 32.6 Å². The normalized spacial score (nSPS) is 10.7. The SMILES string of the molecule is CCNCCCCCc1ccc(Cl)c(Cl)c1. The van der Waals surface area contributed by atoms with Gasteiger partial charge in [0.25, 0.3) is 0 Å². The van der Waals surface area contributed by atoms with Gasteiger partial charge in [-0.1, -0.05) is 42.6 Å². The molecule has 1 N–H and O–H groups in total. The third-order valence-corrected chi connectivity index (χ3v) is 3.29. The number of aryl methyl sites for hydroxylation is 1. The summed E-state index contributed by atoms with van der Waals surface area (Å²) in [5.41, 5.74) is 1.28. The highest BCUT2D eigenvalue weighted by Gasteiger charge is 1.99. The number of benzene rings is 1. The van der Waals surface area contributed by atoms with E-state index >= 15 is 0 Å². The lowest BCUT2D eigenvalue weighted by atomic mass is 10.1. The van der Waals surface area contributed by atoms with Gasteiger partial charge in [0.2, 0.25) is 0 Å². The van der Waals surface area contributed by atoms with Gasteiger partial charge < -0.3 is 5.32 Å². The molecule has 0 heterocycles. The molecule has 0 fully saturated rings. The lowest BCUT2D eigenvalue weighted by Gasteiger charge is -2.04. The summed E-state index contributed by atoms with van der Waals surface area (Å²) >= 11 is 11.8. The van der Waals surface area contributed by atoms with E-state index in [1.165, 1.54) is 24.8 Å². The van der Waals surface area contributed by atoms with Gasteiger partial charge in [0.05, 0.1) is 10.0 Å². The van der Waals surface area contributed by atoms with E-state index in [-0.39, 0.29) is 0 Å². The molecule has 3 heteroatoms. The molecule has 90 valence electrons. The fourth-order valence-electron chi connectivity index (χ4n) is 1.63. The molecule has 1 nitrogen and oxygen atoms in total. The van der Waals surface area contributed by atoms with E-state index in [0.717, 1.165) is 19.5 Å². The van der Waals surface area contributed by atoms with Crippen molar-refractivity contribution < 1.29 is 0 Å². The van der Waals surface area contributed by atoms with Crippen LogP contribution in [-0.2, 0) is 6.42 Å². The number of halogens is 2. The predicted octanol–water partition coefficient (Wildman–Crippen LogP) is 4.32. The molecule has 0 amide bonds. The molecule has 0 aliphatic rings. The van der Waals surface area contributed by atoms with Gasteiger partial charge in [-0.3, -0.25) is 0 Å². The highest BCUT2D eigenvalue weighted by molar-refractivity contribution is 6.42. The molecule has 0 aromatic heterocycles. The van der Waals surface area contributed by atoms with Crippen molar-refractivity contribution >= 4 is 23.2 Å². The third-order valence-electron chi connectivity index (χ3n) is 2.55.